The monoisotopic (exact) mass is 308 g/mol. The van der Waals surface area contributed by atoms with Gasteiger partial charge in [0.2, 0.25) is 0 Å². The molecule has 1 aromatic carbocycles. The lowest BCUT2D eigenvalue weighted by Gasteiger charge is -2.15. The quantitative estimate of drug-likeness (QED) is 0.711. The maximum atomic E-state index is 13.0. The summed E-state index contributed by atoms with van der Waals surface area (Å²) in [6.07, 6.45) is 3.97. The first-order valence-corrected chi connectivity index (χ1v) is 8.38. The van der Waals surface area contributed by atoms with Gasteiger partial charge in [-0.2, -0.15) is 0 Å². The van der Waals surface area contributed by atoms with Crippen molar-refractivity contribution in [1.82, 2.24) is 9.88 Å². The average Bonchev–Trinajstić information content (AvgIpc) is 3.23. The highest BCUT2D eigenvalue weighted by Crippen LogP contribution is 2.38. The zero-order valence-electron chi connectivity index (χ0n) is 12.2. The van der Waals surface area contributed by atoms with Crippen LogP contribution in [0.15, 0.2) is 48.7 Å². The van der Waals surface area contributed by atoms with E-state index in [-0.39, 0.29) is 5.91 Å². The SMILES string of the molecule is O=C(c1c(-c2ccccc2)sc2cccnc12)N1CCCC1. The number of nitrogens with zero attached hydrogens (tertiary/aromatic N) is 2. The number of likely N-dealkylation sites (tertiary alicyclic amines) is 1. The molecule has 0 spiro atoms. The zero-order valence-corrected chi connectivity index (χ0v) is 13.0. The molecule has 0 bridgehead atoms. The Morgan fingerprint density at radius 2 is 1.82 bits per heavy atom. The molecule has 110 valence electrons. The van der Waals surface area contributed by atoms with E-state index in [0.717, 1.165) is 52.2 Å². The number of pyridine rings is 1. The number of hydrogen-bond acceptors (Lipinski definition) is 3. The second kappa shape index (κ2) is 5.54. The number of hydrogen-bond donors (Lipinski definition) is 0. The first-order valence-electron chi connectivity index (χ1n) is 7.57. The molecule has 22 heavy (non-hydrogen) atoms. The van der Waals surface area contributed by atoms with Gasteiger partial charge in [0.05, 0.1) is 15.8 Å². The molecule has 0 unspecified atom stereocenters. The molecule has 1 aliphatic heterocycles. The molecule has 1 fully saturated rings. The molecule has 0 N–H and O–H groups in total. The van der Waals surface area contributed by atoms with Crippen LogP contribution in [0.4, 0.5) is 0 Å². The van der Waals surface area contributed by atoms with E-state index in [0.29, 0.717) is 0 Å². The van der Waals surface area contributed by atoms with Crippen LogP contribution in [-0.2, 0) is 0 Å². The molecule has 4 rings (SSSR count). The summed E-state index contributed by atoms with van der Waals surface area (Å²) in [5.74, 6) is 0.126. The Balaban J connectivity index is 1.92. The lowest BCUT2D eigenvalue weighted by atomic mass is 10.1. The van der Waals surface area contributed by atoms with Gasteiger partial charge in [0, 0.05) is 24.2 Å². The Kier molecular flexibility index (Phi) is 3.39. The summed E-state index contributed by atoms with van der Waals surface area (Å²) in [6, 6.07) is 14.1. The Hall–Kier alpha value is -2.20. The van der Waals surface area contributed by atoms with Crippen LogP contribution < -0.4 is 0 Å². The smallest absolute Gasteiger partial charge is 0.257 e. The molecule has 3 nitrogen and oxygen atoms in total. The fourth-order valence-corrected chi connectivity index (χ4v) is 4.16. The molecule has 1 saturated heterocycles. The normalized spacial score (nSPS) is 14.6. The molecule has 1 amide bonds. The van der Waals surface area contributed by atoms with Crippen molar-refractivity contribution in [3.63, 3.8) is 0 Å². The van der Waals surface area contributed by atoms with Crippen molar-refractivity contribution in [2.24, 2.45) is 0 Å². The van der Waals surface area contributed by atoms with E-state index >= 15 is 0 Å². The Morgan fingerprint density at radius 3 is 2.59 bits per heavy atom. The third kappa shape index (κ3) is 2.20. The summed E-state index contributed by atoms with van der Waals surface area (Å²) in [4.78, 5) is 20.5. The molecule has 0 aliphatic carbocycles. The summed E-state index contributed by atoms with van der Waals surface area (Å²) in [7, 11) is 0. The van der Waals surface area contributed by atoms with Gasteiger partial charge in [-0.3, -0.25) is 9.78 Å². The molecule has 3 aromatic rings. The lowest BCUT2D eigenvalue weighted by Crippen LogP contribution is -2.27. The van der Waals surface area contributed by atoms with Crippen LogP contribution in [0, 0.1) is 0 Å². The van der Waals surface area contributed by atoms with Gasteiger partial charge in [0.25, 0.3) is 5.91 Å². The summed E-state index contributed by atoms with van der Waals surface area (Å²) in [5, 5.41) is 0. The summed E-state index contributed by atoms with van der Waals surface area (Å²) in [5.41, 5.74) is 2.70. The highest BCUT2D eigenvalue weighted by molar-refractivity contribution is 7.22. The van der Waals surface area contributed by atoms with Crippen molar-refractivity contribution in [3.8, 4) is 10.4 Å². The average molecular weight is 308 g/mol. The molecule has 0 radical (unpaired) electrons. The number of thiophene rings is 1. The Bertz CT molecular complexity index is 819. The second-order valence-corrected chi connectivity index (χ2v) is 6.57. The number of amides is 1. The van der Waals surface area contributed by atoms with E-state index in [4.69, 9.17) is 0 Å². The summed E-state index contributed by atoms with van der Waals surface area (Å²) >= 11 is 1.65. The van der Waals surface area contributed by atoms with Gasteiger partial charge in [-0.15, -0.1) is 11.3 Å². The molecular formula is C18H16N2OS. The number of benzene rings is 1. The van der Waals surface area contributed by atoms with Crippen LogP contribution in [0.2, 0.25) is 0 Å². The summed E-state index contributed by atoms with van der Waals surface area (Å²) < 4.78 is 1.07. The minimum absolute atomic E-state index is 0.126. The molecule has 0 saturated carbocycles. The van der Waals surface area contributed by atoms with E-state index in [1.54, 1.807) is 17.5 Å². The van der Waals surface area contributed by atoms with E-state index < -0.39 is 0 Å². The number of fused-ring (bicyclic) bond motifs is 1. The zero-order chi connectivity index (χ0) is 14.9. The number of carbonyl (C=O) groups is 1. The topological polar surface area (TPSA) is 33.2 Å². The molecular weight excluding hydrogens is 292 g/mol. The van der Waals surface area contributed by atoms with Crippen molar-refractivity contribution in [1.29, 1.82) is 0 Å². The third-order valence-corrected chi connectivity index (χ3v) is 5.28. The largest absolute Gasteiger partial charge is 0.339 e. The lowest BCUT2D eigenvalue weighted by molar-refractivity contribution is 0.0795. The van der Waals surface area contributed by atoms with Crippen molar-refractivity contribution in [2.75, 3.05) is 13.1 Å². The van der Waals surface area contributed by atoms with Gasteiger partial charge in [0.1, 0.15) is 0 Å². The predicted octanol–water partition coefficient (Wildman–Crippen LogP) is 4.20. The highest BCUT2D eigenvalue weighted by atomic mass is 32.1. The number of rotatable bonds is 2. The van der Waals surface area contributed by atoms with Crippen LogP contribution in [0.25, 0.3) is 20.7 Å². The van der Waals surface area contributed by atoms with Gasteiger partial charge in [-0.25, -0.2) is 0 Å². The third-order valence-electron chi connectivity index (χ3n) is 4.09. The Morgan fingerprint density at radius 1 is 1.05 bits per heavy atom. The van der Waals surface area contributed by atoms with Crippen molar-refractivity contribution < 1.29 is 4.79 Å². The first kappa shape index (κ1) is 13.5. The number of aromatic nitrogens is 1. The number of carbonyl (C=O) groups excluding carboxylic acids is 1. The van der Waals surface area contributed by atoms with E-state index in [2.05, 4.69) is 17.1 Å². The highest BCUT2D eigenvalue weighted by Gasteiger charge is 2.26. The summed E-state index contributed by atoms with van der Waals surface area (Å²) in [6.45, 7) is 1.72. The standard InChI is InChI=1S/C18H16N2OS/c21-18(20-11-4-5-12-20)15-16-14(9-6-10-19-16)22-17(15)13-7-2-1-3-8-13/h1-3,6-10H,4-5,11-12H2. The molecule has 3 heterocycles. The predicted molar refractivity (Wildman–Crippen MR) is 90.2 cm³/mol. The Labute approximate surface area is 133 Å². The molecule has 0 atom stereocenters. The van der Waals surface area contributed by atoms with Gasteiger partial charge in [-0.05, 0) is 30.5 Å². The maximum absolute atomic E-state index is 13.0. The van der Waals surface area contributed by atoms with Gasteiger partial charge < -0.3 is 4.90 Å². The second-order valence-electron chi connectivity index (χ2n) is 5.52. The molecule has 1 aliphatic rings. The minimum Gasteiger partial charge on any atom is -0.339 e. The fraction of sp³-hybridized carbons (Fsp3) is 0.222. The fourth-order valence-electron chi connectivity index (χ4n) is 3.00. The van der Waals surface area contributed by atoms with Crippen LogP contribution in [-0.4, -0.2) is 28.9 Å². The van der Waals surface area contributed by atoms with Gasteiger partial charge >= 0.3 is 0 Å². The van der Waals surface area contributed by atoms with Gasteiger partial charge in [0.15, 0.2) is 0 Å². The van der Waals surface area contributed by atoms with Crippen LogP contribution in [0.3, 0.4) is 0 Å². The van der Waals surface area contributed by atoms with Crippen molar-refractivity contribution in [3.05, 3.63) is 54.2 Å². The first-order chi connectivity index (χ1) is 10.8. The van der Waals surface area contributed by atoms with Crippen LogP contribution in [0.5, 0.6) is 0 Å². The molecule has 2 aromatic heterocycles. The maximum Gasteiger partial charge on any atom is 0.257 e. The van der Waals surface area contributed by atoms with Gasteiger partial charge in [-0.1, -0.05) is 30.3 Å². The van der Waals surface area contributed by atoms with Crippen LogP contribution >= 0.6 is 11.3 Å². The minimum atomic E-state index is 0.126. The van der Waals surface area contributed by atoms with Crippen molar-refractivity contribution in [2.45, 2.75) is 12.8 Å². The van der Waals surface area contributed by atoms with E-state index in [1.807, 2.05) is 35.2 Å². The van der Waals surface area contributed by atoms with E-state index in [1.165, 1.54) is 0 Å². The van der Waals surface area contributed by atoms with Crippen LogP contribution in [0.1, 0.15) is 23.2 Å². The molecule has 4 heteroatoms. The van der Waals surface area contributed by atoms with Crippen molar-refractivity contribution >= 4 is 27.5 Å². The van der Waals surface area contributed by atoms with E-state index in [9.17, 15) is 4.79 Å².